The normalized spacial score (nSPS) is 11.9. The number of anilines is 1. The Bertz CT molecular complexity index is 390. The van der Waals surface area contributed by atoms with Gasteiger partial charge in [-0.05, 0) is 24.5 Å². The third-order valence-corrected chi connectivity index (χ3v) is 2.54. The third kappa shape index (κ3) is 3.94. The summed E-state index contributed by atoms with van der Waals surface area (Å²) < 4.78 is 0. The monoisotopic (exact) mass is 236 g/mol. The third-order valence-electron chi connectivity index (χ3n) is 2.54. The van der Waals surface area contributed by atoms with Crippen LogP contribution in [0.25, 0.3) is 0 Å². The van der Waals surface area contributed by atoms with Crippen LogP contribution >= 0.6 is 0 Å². The van der Waals surface area contributed by atoms with Crippen molar-refractivity contribution in [2.75, 3.05) is 18.5 Å². The Morgan fingerprint density at radius 2 is 2.24 bits per heavy atom. The number of rotatable bonds is 5. The Kier molecular flexibility index (Phi) is 4.75. The van der Waals surface area contributed by atoms with Gasteiger partial charge in [0.2, 0.25) is 0 Å². The molecule has 0 aliphatic carbocycles. The van der Waals surface area contributed by atoms with E-state index in [2.05, 4.69) is 28.9 Å². The molecule has 1 rings (SSSR count). The van der Waals surface area contributed by atoms with E-state index in [9.17, 15) is 0 Å². The summed E-state index contributed by atoms with van der Waals surface area (Å²) in [6.07, 6.45) is 1.10. The second kappa shape index (κ2) is 6.08. The van der Waals surface area contributed by atoms with E-state index in [-0.39, 0.29) is 5.84 Å². The predicted octanol–water partition coefficient (Wildman–Crippen LogP) is 1.66. The Hall–Kier alpha value is -1.78. The van der Waals surface area contributed by atoms with Gasteiger partial charge < -0.3 is 15.8 Å². The van der Waals surface area contributed by atoms with Crippen LogP contribution < -0.4 is 10.6 Å². The lowest BCUT2D eigenvalue weighted by atomic mass is 10.1. The van der Waals surface area contributed by atoms with Crippen LogP contribution in [0.3, 0.4) is 0 Å². The molecule has 0 atom stereocenters. The van der Waals surface area contributed by atoms with Gasteiger partial charge in [0.1, 0.15) is 11.5 Å². The SMILES string of the molecule is CC(C)CCN(C)c1cccc(C(N)=NO)n1. The maximum absolute atomic E-state index is 8.60. The highest BCUT2D eigenvalue weighted by Gasteiger charge is 2.06. The maximum Gasteiger partial charge on any atom is 0.188 e. The van der Waals surface area contributed by atoms with E-state index in [0.29, 0.717) is 11.6 Å². The van der Waals surface area contributed by atoms with Gasteiger partial charge >= 0.3 is 0 Å². The van der Waals surface area contributed by atoms with Gasteiger partial charge in [0.15, 0.2) is 5.84 Å². The molecule has 1 aromatic rings. The first kappa shape index (κ1) is 13.3. The topological polar surface area (TPSA) is 74.7 Å². The van der Waals surface area contributed by atoms with Crippen molar-refractivity contribution in [3.8, 4) is 0 Å². The van der Waals surface area contributed by atoms with E-state index in [1.54, 1.807) is 6.07 Å². The molecule has 3 N–H and O–H groups in total. The van der Waals surface area contributed by atoms with E-state index >= 15 is 0 Å². The summed E-state index contributed by atoms with van der Waals surface area (Å²) in [5, 5.41) is 11.6. The Labute approximate surface area is 102 Å². The van der Waals surface area contributed by atoms with Crippen LogP contribution in [0.4, 0.5) is 5.82 Å². The minimum atomic E-state index is 0.0316. The lowest BCUT2D eigenvalue weighted by Crippen LogP contribution is -2.23. The van der Waals surface area contributed by atoms with Crippen molar-refractivity contribution >= 4 is 11.7 Å². The van der Waals surface area contributed by atoms with Crippen molar-refractivity contribution in [3.63, 3.8) is 0 Å². The molecule has 1 aromatic heterocycles. The van der Waals surface area contributed by atoms with Crippen LogP contribution in [-0.2, 0) is 0 Å². The molecule has 0 saturated heterocycles. The van der Waals surface area contributed by atoms with Crippen LogP contribution in [-0.4, -0.2) is 29.6 Å². The van der Waals surface area contributed by atoms with Crippen LogP contribution in [0.2, 0.25) is 0 Å². The van der Waals surface area contributed by atoms with Crippen molar-refractivity contribution in [1.82, 2.24) is 4.98 Å². The van der Waals surface area contributed by atoms with Crippen molar-refractivity contribution in [2.24, 2.45) is 16.8 Å². The van der Waals surface area contributed by atoms with Crippen molar-refractivity contribution in [2.45, 2.75) is 20.3 Å². The van der Waals surface area contributed by atoms with Gasteiger partial charge in [0.05, 0.1) is 0 Å². The molecule has 0 aliphatic heterocycles. The summed E-state index contributed by atoms with van der Waals surface area (Å²) in [6.45, 7) is 5.31. The predicted molar refractivity (Wildman–Crippen MR) is 69.5 cm³/mol. The van der Waals surface area contributed by atoms with Gasteiger partial charge in [0, 0.05) is 13.6 Å². The highest BCUT2D eigenvalue weighted by molar-refractivity contribution is 5.95. The zero-order chi connectivity index (χ0) is 12.8. The van der Waals surface area contributed by atoms with E-state index in [0.717, 1.165) is 18.8 Å². The Morgan fingerprint density at radius 1 is 1.53 bits per heavy atom. The van der Waals surface area contributed by atoms with Crippen molar-refractivity contribution in [3.05, 3.63) is 23.9 Å². The number of nitrogens with two attached hydrogens (primary N) is 1. The molecule has 17 heavy (non-hydrogen) atoms. The summed E-state index contributed by atoms with van der Waals surface area (Å²) in [5.74, 6) is 1.52. The lowest BCUT2D eigenvalue weighted by Gasteiger charge is -2.19. The molecule has 0 radical (unpaired) electrons. The molecule has 0 saturated carbocycles. The van der Waals surface area contributed by atoms with Crippen molar-refractivity contribution < 1.29 is 5.21 Å². The Morgan fingerprint density at radius 3 is 2.82 bits per heavy atom. The largest absolute Gasteiger partial charge is 0.409 e. The fourth-order valence-corrected chi connectivity index (χ4v) is 1.40. The number of aromatic nitrogens is 1. The highest BCUT2D eigenvalue weighted by Crippen LogP contribution is 2.11. The van der Waals surface area contributed by atoms with E-state index < -0.39 is 0 Å². The molecular weight excluding hydrogens is 216 g/mol. The molecule has 5 heteroatoms. The van der Waals surface area contributed by atoms with Gasteiger partial charge in [-0.25, -0.2) is 4.98 Å². The smallest absolute Gasteiger partial charge is 0.188 e. The zero-order valence-electron chi connectivity index (χ0n) is 10.6. The summed E-state index contributed by atoms with van der Waals surface area (Å²) in [7, 11) is 1.99. The fraction of sp³-hybridized carbons (Fsp3) is 0.500. The molecule has 0 aromatic carbocycles. The first-order valence-corrected chi connectivity index (χ1v) is 5.70. The number of nitrogens with zero attached hydrogens (tertiary/aromatic N) is 3. The highest BCUT2D eigenvalue weighted by atomic mass is 16.4. The molecule has 0 unspecified atom stereocenters. The van der Waals surface area contributed by atoms with Crippen LogP contribution in [0.1, 0.15) is 26.0 Å². The first-order chi connectivity index (χ1) is 8.04. The zero-order valence-corrected chi connectivity index (χ0v) is 10.6. The second-order valence-electron chi connectivity index (χ2n) is 4.47. The summed E-state index contributed by atoms with van der Waals surface area (Å²) in [4.78, 5) is 6.40. The number of oxime groups is 1. The summed E-state index contributed by atoms with van der Waals surface area (Å²) in [6, 6.07) is 5.48. The van der Waals surface area contributed by atoms with E-state index in [1.807, 2.05) is 19.2 Å². The number of hydrogen-bond donors (Lipinski definition) is 2. The molecular formula is C12H20N4O. The molecule has 0 aliphatic rings. The number of pyridine rings is 1. The molecule has 1 heterocycles. The lowest BCUT2D eigenvalue weighted by molar-refractivity contribution is 0.318. The van der Waals surface area contributed by atoms with E-state index in [1.165, 1.54) is 0 Å². The molecule has 5 nitrogen and oxygen atoms in total. The minimum Gasteiger partial charge on any atom is -0.409 e. The molecule has 0 amide bonds. The number of hydrogen-bond acceptors (Lipinski definition) is 4. The second-order valence-corrected chi connectivity index (χ2v) is 4.47. The Balaban J connectivity index is 2.77. The summed E-state index contributed by atoms with van der Waals surface area (Å²) >= 11 is 0. The molecule has 0 spiro atoms. The standard InChI is InChI=1S/C12H20N4O/c1-9(2)7-8-16(3)11-6-4-5-10(14-11)12(13)15-17/h4-6,9,17H,7-8H2,1-3H3,(H2,13,15). The van der Waals surface area contributed by atoms with Gasteiger partial charge in [0.25, 0.3) is 0 Å². The summed E-state index contributed by atoms with van der Waals surface area (Å²) in [5.41, 5.74) is 5.99. The van der Waals surface area contributed by atoms with Crippen LogP contribution in [0.5, 0.6) is 0 Å². The average Bonchev–Trinajstić information content (AvgIpc) is 2.35. The molecule has 94 valence electrons. The quantitative estimate of drug-likeness (QED) is 0.353. The van der Waals surface area contributed by atoms with Crippen LogP contribution in [0, 0.1) is 5.92 Å². The fourth-order valence-electron chi connectivity index (χ4n) is 1.40. The average molecular weight is 236 g/mol. The van der Waals surface area contributed by atoms with Gasteiger partial charge in [-0.3, -0.25) is 0 Å². The van der Waals surface area contributed by atoms with Gasteiger partial charge in [-0.1, -0.05) is 25.1 Å². The van der Waals surface area contributed by atoms with Crippen molar-refractivity contribution in [1.29, 1.82) is 0 Å². The van der Waals surface area contributed by atoms with Gasteiger partial charge in [-0.15, -0.1) is 0 Å². The van der Waals surface area contributed by atoms with Gasteiger partial charge in [-0.2, -0.15) is 0 Å². The molecule has 0 fully saturated rings. The minimum absolute atomic E-state index is 0.0316. The first-order valence-electron chi connectivity index (χ1n) is 5.70. The number of amidine groups is 1. The maximum atomic E-state index is 8.60. The van der Waals surface area contributed by atoms with E-state index in [4.69, 9.17) is 10.9 Å². The molecule has 0 bridgehead atoms. The van der Waals surface area contributed by atoms with Crippen LogP contribution in [0.15, 0.2) is 23.4 Å².